The molecule has 0 atom stereocenters. The standard InChI is InChI=1S/C23H26N4O3/c1-26-13-15-27(16-14-26)17-18-5-2-3-8-21(18)22(28)11-9-19-6-4-7-20(24-19)10-12-23(29)25-30/h2-12,30H,13-17H2,1H3,(H,25,29)/b11-9+,12-10+. The molecule has 1 aliphatic rings. The van der Waals surface area contributed by atoms with Crippen LogP contribution in [0.5, 0.6) is 0 Å². The molecule has 1 amide bonds. The summed E-state index contributed by atoms with van der Waals surface area (Å²) in [6, 6.07) is 13.0. The van der Waals surface area contributed by atoms with Crippen molar-refractivity contribution in [3.8, 4) is 0 Å². The minimum atomic E-state index is -0.634. The molecule has 7 nitrogen and oxygen atoms in total. The Bertz CT molecular complexity index is 947. The van der Waals surface area contributed by atoms with Gasteiger partial charge in [-0.1, -0.05) is 30.3 Å². The molecule has 2 N–H and O–H groups in total. The third kappa shape index (κ3) is 6.18. The van der Waals surface area contributed by atoms with Gasteiger partial charge in [-0.25, -0.2) is 10.5 Å². The van der Waals surface area contributed by atoms with Gasteiger partial charge in [0.05, 0.1) is 11.4 Å². The van der Waals surface area contributed by atoms with Crippen LogP contribution in [0.15, 0.2) is 54.6 Å². The molecule has 1 aromatic carbocycles. The molecule has 0 radical (unpaired) electrons. The number of hydrogen-bond acceptors (Lipinski definition) is 6. The maximum atomic E-state index is 12.8. The smallest absolute Gasteiger partial charge is 0.267 e. The number of aromatic nitrogens is 1. The number of nitrogens with one attached hydrogen (secondary N) is 1. The van der Waals surface area contributed by atoms with Gasteiger partial charge in [0.25, 0.3) is 5.91 Å². The van der Waals surface area contributed by atoms with Gasteiger partial charge in [0.1, 0.15) is 0 Å². The van der Waals surface area contributed by atoms with Crippen molar-refractivity contribution in [1.29, 1.82) is 0 Å². The van der Waals surface area contributed by atoms with E-state index in [1.165, 1.54) is 23.7 Å². The maximum Gasteiger partial charge on any atom is 0.267 e. The molecular formula is C23H26N4O3. The molecule has 156 valence electrons. The molecule has 1 saturated heterocycles. The number of nitrogens with zero attached hydrogens (tertiary/aromatic N) is 3. The van der Waals surface area contributed by atoms with E-state index in [-0.39, 0.29) is 5.78 Å². The Balaban J connectivity index is 1.70. The Labute approximate surface area is 176 Å². The Morgan fingerprint density at radius 1 is 1.00 bits per heavy atom. The molecule has 1 aliphatic heterocycles. The van der Waals surface area contributed by atoms with E-state index in [4.69, 9.17) is 5.21 Å². The lowest BCUT2D eigenvalue weighted by molar-refractivity contribution is -0.124. The van der Waals surface area contributed by atoms with Crippen molar-refractivity contribution in [2.24, 2.45) is 0 Å². The molecular weight excluding hydrogens is 380 g/mol. The molecule has 1 fully saturated rings. The number of likely N-dealkylation sites (N-methyl/N-ethyl adjacent to an activating group) is 1. The van der Waals surface area contributed by atoms with Crippen LogP contribution in [0.3, 0.4) is 0 Å². The normalized spacial score (nSPS) is 15.7. The molecule has 2 aromatic rings. The Morgan fingerprint density at radius 3 is 2.37 bits per heavy atom. The van der Waals surface area contributed by atoms with Gasteiger partial charge in [-0.2, -0.15) is 0 Å². The zero-order valence-corrected chi connectivity index (χ0v) is 17.0. The molecule has 0 spiro atoms. The summed E-state index contributed by atoms with van der Waals surface area (Å²) in [5, 5.41) is 8.53. The van der Waals surface area contributed by atoms with Gasteiger partial charge in [-0.05, 0) is 43.0 Å². The Hall–Kier alpha value is -3.13. The second-order valence-electron chi connectivity index (χ2n) is 7.23. The summed E-state index contributed by atoms with van der Waals surface area (Å²) in [4.78, 5) is 33.0. The monoisotopic (exact) mass is 406 g/mol. The molecule has 7 heteroatoms. The van der Waals surface area contributed by atoms with Gasteiger partial charge in [0.2, 0.25) is 0 Å². The van der Waals surface area contributed by atoms with Gasteiger partial charge < -0.3 is 4.90 Å². The molecule has 0 unspecified atom stereocenters. The van der Waals surface area contributed by atoms with E-state index in [9.17, 15) is 9.59 Å². The molecule has 0 aliphatic carbocycles. The number of ketones is 1. The molecule has 2 heterocycles. The minimum Gasteiger partial charge on any atom is -0.304 e. The Morgan fingerprint density at radius 2 is 1.67 bits per heavy atom. The lowest BCUT2D eigenvalue weighted by atomic mass is 10.0. The zero-order chi connectivity index (χ0) is 21.3. The highest BCUT2D eigenvalue weighted by molar-refractivity contribution is 6.07. The summed E-state index contributed by atoms with van der Waals surface area (Å²) in [6.07, 6.45) is 5.85. The van der Waals surface area contributed by atoms with E-state index in [1.54, 1.807) is 24.3 Å². The highest BCUT2D eigenvalue weighted by Crippen LogP contribution is 2.15. The number of pyridine rings is 1. The van der Waals surface area contributed by atoms with E-state index in [1.807, 2.05) is 24.3 Å². The van der Waals surface area contributed by atoms with Gasteiger partial charge in [0, 0.05) is 44.4 Å². The number of allylic oxidation sites excluding steroid dienone is 1. The van der Waals surface area contributed by atoms with Crippen molar-refractivity contribution >= 4 is 23.8 Å². The van der Waals surface area contributed by atoms with Crippen LogP contribution in [0.1, 0.15) is 27.3 Å². The van der Waals surface area contributed by atoms with Crippen LogP contribution in [0.4, 0.5) is 0 Å². The third-order valence-corrected chi connectivity index (χ3v) is 4.99. The summed E-state index contributed by atoms with van der Waals surface area (Å²) in [7, 11) is 2.12. The van der Waals surface area contributed by atoms with E-state index in [0.717, 1.165) is 38.3 Å². The number of carbonyl (C=O) groups excluding carboxylic acids is 2. The van der Waals surface area contributed by atoms with Crippen LogP contribution in [0.2, 0.25) is 0 Å². The molecule has 0 bridgehead atoms. The summed E-state index contributed by atoms with van der Waals surface area (Å²) >= 11 is 0. The van der Waals surface area contributed by atoms with Gasteiger partial charge in [-0.15, -0.1) is 0 Å². The van der Waals surface area contributed by atoms with Crippen LogP contribution < -0.4 is 5.48 Å². The lowest BCUT2D eigenvalue weighted by Crippen LogP contribution is -2.44. The fourth-order valence-corrected chi connectivity index (χ4v) is 3.25. The van der Waals surface area contributed by atoms with Crippen LogP contribution in [-0.4, -0.2) is 64.9 Å². The predicted molar refractivity (Wildman–Crippen MR) is 116 cm³/mol. The van der Waals surface area contributed by atoms with Crippen LogP contribution in [0.25, 0.3) is 12.2 Å². The van der Waals surface area contributed by atoms with Crippen LogP contribution in [0, 0.1) is 0 Å². The maximum absolute atomic E-state index is 12.8. The summed E-state index contributed by atoms with van der Waals surface area (Å²) < 4.78 is 0. The number of carbonyl (C=O) groups is 2. The molecule has 1 aromatic heterocycles. The van der Waals surface area contributed by atoms with E-state index in [2.05, 4.69) is 21.8 Å². The number of amides is 1. The highest BCUT2D eigenvalue weighted by Gasteiger charge is 2.16. The first-order valence-electron chi connectivity index (χ1n) is 9.85. The SMILES string of the molecule is CN1CCN(Cc2ccccc2C(=O)/C=C/c2cccc(/C=C/C(=O)NO)n2)CC1. The average molecular weight is 406 g/mol. The van der Waals surface area contributed by atoms with Crippen LogP contribution >= 0.6 is 0 Å². The summed E-state index contributed by atoms with van der Waals surface area (Å²) in [5.74, 6) is -0.702. The first kappa shape index (κ1) is 21.6. The molecule has 0 saturated carbocycles. The first-order chi connectivity index (χ1) is 14.5. The van der Waals surface area contributed by atoms with Crippen molar-refractivity contribution in [2.45, 2.75) is 6.54 Å². The van der Waals surface area contributed by atoms with Gasteiger partial charge >= 0.3 is 0 Å². The van der Waals surface area contributed by atoms with Crippen molar-refractivity contribution < 1.29 is 14.8 Å². The summed E-state index contributed by atoms with van der Waals surface area (Å²) in [6.45, 7) is 4.81. The quantitative estimate of drug-likeness (QED) is 0.317. The van der Waals surface area contributed by atoms with E-state index < -0.39 is 5.91 Å². The van der Waals surface area contributed by atoms with Gasteiger partial charge in [0.15, 0.2) is 5.78 Å². The number of piperazine rings is 1. The Kier molecular flexibility index (Phi) is 7.62. The van der Waals surface area contributed by atoms with Crippen molar-refractivity contribution in [2.75, 3.05) is 33.2 Å². The van der Waals surface area contributed by atoms with Crippen LogP contribution in [-0.2, 0) is 11.3 Å². The molecule has 3 rings (SSSR count). The fourth-order valence-electron chi connectivity index (χ4n) is 3.25. The van der Waals surface area contributed by atoms with E-state index in [0.29, 0.717) is 17.0 Å². The second kappa shape index (κ2) is 10.6. The minimum absolute atomic E-state index is 0.0675. The third-order valence-electron chi connectivity index (χ3n) is 4.99. The fraction of sp³-hybridized carbons (Fsp3) is 0.261. The van der Waals surface area contributed by atoms with Crippen molar-refractivity contribution in [3.63, 3.8) is 0 Å². The molecule has 30 heavy (non-hydrogen) atoms. The summed E-state index contributed by atoms with van der Waals surface area (Å²) in [5.41, 5.74) is 4.40. The lowest BCUT2D eigenvalue weighted by Gasteiger charge is -2.32. The largest absolute Gasteiger partial charge is 0.304 e. The van der Waals surface area contributed by atoms with E-state index >= 15 is 0 Å². The highest BCUT2D eigenvalue weighted by atomic mass is 16.5. The zero-order valence-electron chi connectivity index (χ0n) is 17.0. The second-order valence-corrected chi connectivity index (χ2v) is 7.23. The topological polar surface area (TPSA) is 85.8 Å². The first-order valence-corrected chi connectivity index (χ1v) is 9.85. The number of hydrogen-bond donors (Lipinski definition) is 2. The number of rotatable bonds is 7. The average Bonchev–Trinajstić information content (AvgIpc) is 2.78. The van der Waals surface area contributed by atoms with Gasteiger partial charge in [-0.3, -0.25) is 19.7 Å². The number of hydroxylamine groups is 1. The predicted octanol–water partition coefficient (Wildman–Crippen LogP) is 2.24. The van der Waals surface area contributed by atoms with Crippen molar-refractivity contribution in [3.05, 3.63) is 77.1 Å². The number of benzene rings is 1. The van der Waals surface area contributed by atoms with Crippen molar-refractivity contribution in [1.82, 2.24) is 20.3 Å².